The van der Waals surface area contributed by atoms with Gasteiger partial charge in [0, 0.05) is 13.1 Å². The second-order valence-corrected chi connectivity index (χ2v) is 5.28. The summed E-state index contributed by atoms with van der Waals surface area (Å²) >= 11 is 0. The molecule has 0 bridgehead atoms. The highest BCUT2D eigenvalue weighted by atomic mass is 19.4. The van der Waals surface area contributed by atoms with Crippen LogP contribution in [-0.2, 0) is 11.3 Å². The van der Waals surface area contributed by atoms with E-state index in [1.807, 2.05) is 0 Å². The van der Waals surface area contributed by atoms with Gasteiger partial charge in [0.1, 0.15) is 0 Å². The summed E-state index contributed by atoms with van der Waals surface area (Å²) in [4.78, 5) is 0. The Kier molecular flexibility index (Phi) is 4.88. The summed E-state index contributed by atoms with van der Waals surface area (Å²) in [5.41, 5.74) is -1.69. The summed E-state index contributed by atoms with van der Waals surface area (Å²) in [6.45, 7) is 2.30. The molecule has 0 aliphatic carbocycles. The quantitative estimate of drug-likeness (QED) is 0.776. The molecule has 0 saturated carbocycles. The van der Waals surface area contributed by atoms with Gasteiger partial charge in [-0.15, -0.1) is 0 Å². The second-order valence-electron chi connectivity index (χ2n) is 5.28. The monoisotopic (exact) mass is 300 g/mol. The zero-order chi connectivity index (χ0) is 15.3. The summed E-state index contributed by atoms with van der Waals surface area (Å²) in [5, 5.41) is 5.59. The number of ether oxygens (including phenoxy) is 1. The fourth-order valence-electron chi connectivity index (χ4n) is 2.01. The Balaban J connectivity index is 2.05. The third-order valence-electron chi connectivity index (χ3n) is 3.49. The Morgan fingerprint density at radius 3 is 2.38 bits per heavy atom. The van der Waals surface area contributed by atoms with Gasteiger partial charge in [-0.2, -0.15) is 18.3 Å². The predicted molar refractivity (Wildman–Crippen MR) is 75.0 cm³/mol. The number of hydrogen-bond acceptors (Lipinski definition) is 3. The van der Waals surface area contributed by atoms with Gasteiger partial charge in [0.25, 0.3) is 0 Å². The number of hydrogen-bond donors (Lipinski definition) is 0. The first-order valence-corrected chi connectivity index (χ1v) is 6.95. The van der Waals surface area contributed by atoms with Gasteiger partial charge < -0.3 is 4.74 Å². The lowest BCUT2D eigenvalue weighted by Crippen LogP contribution is -2.46. The molecule has 1 saturated heterocycles. The Bertz CT molecular complexity index is 470. The highest BCUT2D eigenvalue weighted by Gasteiger charge is 2.51. The average molecular weight is 300 g/mol. The van der Waals surface area contributed by atoms with Gasteiger partial charge in [-0.25, -0.2) is 0 Å². The minimum absolute atomic E-state index is 0.108. The van der Waals surface area contributed by atoms with Crippen LogP contribution in [0, 0.1) is 0 Å². The van der Waals surface area contributed by atoms with Gasteiger partial charge >= 0.3 is 6.18 Å². The van der Waals surface area contributed by atoms with E-state index in [2.05, 4.69) is 5.10 Å². The van der Waals surface area contributed by atoms with E-state index in [1.165, 1.54) is 0 Å². The molecule has 1 atom stereocenters. The van der Waals surface area contributed by atoms with Crippen LogP contribution >= 0.6 is 0 Å². The van der Waals surface area contributed by atoms with E-state index in [-0.39, 0.29) is 6.61 Å². The maximum Gasteiger partial charge on any atom is 0.422 e. The first-order valence-electron chi connectivity index (χ1n) is 6.95. The summed E-state index contributed by atoms with van der Waals surface area (Å²) < 4.78 is 44.9. The lowest BCUT2D eigenvalue weighted by Gasteiger charge is -2.29. The average Bonchev–Trinajstić information content (AvgIpc) is 2.96. The molecule has 1 aromatic rings. The van der Waals surface area contributed by atoms with Gasteiger partial charge in [0.15, 0.2) is 5.60 Å². The van der Waals surface area contributed by atoms with Crippen molar-refractivity contribution in [1.29, 1.82) is 0 Å². The van der Waals surface area contributed by atoms with Crippen LogP contribution in [0.15, 0.2) is 35.4 Å². The maximum atomic E-state index is 13.2. The first kappa shape index (κ1) is 15.8. The summed E-state index contributed by atoms with van der Waals surface area (Å²) in [7, 11) is 0. The normalized spacial score (nSPS) is 19.1. The lowest BCUT2D eigenvalue weighted by atomic mass is 10.1. The number of alkyl halides is 3. The lowest BCUT2D eigenvalue weighted by molar-refractivity contribution is -0.243. The van der Waals surface area contributed by atoms with Gasteiger partial charge in [-0.3, -0.25) is 5.01 Å². The molecule has 1 unspecified atom stereocenters. The third-order valence-corrected chi connectivity index (χ3v) is 3.49. The first-order chi connectivity index (χ1) is 9.91. The van der Waals surface area contributed by atoms with Crippen molar-refractivity contribution < 1.29 is 17.9 Å². The molecule has 21 heavy (non-hydrogen) atoms. The zero-order valence-corrected chi connectivity index (χ0v) is 11.9. The number of halogens is 3. The SMILES string of the molecule is CC(/C=N/N1CCCC1)(OCc1ccccc1)C(F)(F)F. The molecule has 1 aliphatic rings. The highest BCUT2D eigenvalue weighted by Crippen LogP contribution is 2.33. The van der Waals surface area contributed by atoms with Crippen molar-refractivity contribution in [3.63, 3.8) is 0 Å². The summed E-state index contributed by atoms with van der Waals surface area (Å²) in [5.74, 6) is 0. The van der Waals surface area contributed by atoms with Gasteiger partial charge in [0.2, 0.25) is 0 Å². The van der Waals surface area contributed by atoms with E-state index < -0.39 is 11.8 Å². The second kappa shape index (κ2) is 6.47. The van der Waals surface area contributed by atoms with E-state index in [1.54, 1.807) is 35.3 Å². The van der Waals surface area contributed by atoms with E-state index in [4.69, 9.17) is 4.74 Å². The van der Waals surface area contributed by atoms with Gasteiger partial charge in [-0.05, 0) is 25.3 Å². The fraction of sp³-hybridized carbons (Fsp3) is 0.533. The van der Waals surface area contributed by atoms with E-state index in [0.29, 0.717) is 18.7 Å². The Hall–Kier alpha value is -1.56. The number of benzene rings is 1. The topological polar surface area (TPSA) is 24.8 Å². The van der Waals surface area contributed by atoms with Crippen LogP contribution < -0.4 is 0 Å². The standard InChI is InChI=1S/C15H19F3N2O/c1-14(15(16,17)18,12-19-20-9-5-6-10-20)21-11-13-7-3-2-4-8-13/h2-4,7-8,12H,5-6,9-11H2,1H3/b19-12+. The molecular weight excluding hydrogens is 281 g/mol. The van der Waals surface area contributed by atoms with Gasteiger partial charge in [-0.1, -0.05) is 30.3 Å². The van der Waals surface area contributed by atoms with E-state index in [9.17, 15) is 13.2 Å². The predicted octanol–water partition coefficient (Wildman–Crippen LogP) is 3.61. The van der Waals surface area contributed by atoms with E-state index >= 15 is 0 Å². The van der Waals surface area contributed by atoms with Crippen molar-refractivity contribution >= 4 is 6.21 Å². The van der Waals surface area contributed by atoms with Gasteiger partial charge in [0.05, 0.1) is 12.8 Å². The molecule has 3 nitrogen and oxygen atoms in total. The number of nitrogens with zero attached hydrogens (tertiary/aromatic N) is 2. The molecule has 1 aromatic carbocycles. The van der Waals surface area contributed by atoms with E-state index in [0.717, 1.165) is 26.0 Å². The minimum Gasteiger partial charge on any atom is -0.355 e. The molecule has 0 aromatic heterocycles. The molecule has 1 aliphatic heterocycles. The summed E-state index contributed by atoms with van der Waals surface area (Å²) in [6.07, 6.45) is -1.71. The Morgan fingerprint density at radius 2 is 1.81 bits per heavy atom. The largest absolute Gasteiger partial charge is 0.422 e. The molecule has 0 N–H and O–H groups in total. The molecule has 1 heterocycles. The van der Waals surface area contributed by atoms with Crippen molar-refractivity contribution in [2.45, 2.75) is 38.1 Å². The number of hydrazone groups is 1. The van der Waals surface area contributed by atoms with Crippen molar-refractivity contribution in [2.24, 2.45) is 5.10 Å². The third kappa shape index (κ3) is 4.20. The van der Waals surface area contributed by atoms with Crippen LogP contribution in [0.3, 0.4) is 0 Å². The van der Waals surface area contributed by atoms with Crippen LogP contribution in [0.5, 0.6) is 0 Å². The smallest absolute Gasteiger partial charge is 0.355 e. The van der Waals surface area contributed by atoms with Crippen molar-refractivity contribution in [2.75, 3.05) is 13.1 Å². The molecule has 116 valence electrons. The minimum atomic E-state index is -4.51. The van der Waals surface area contributed by atoms with Crippen molar-refractivity contribution in [3.8, 4) is 0 Å². The van der Waals surface area contributed by atoms with Crippen LogP contribution in [0.2, 0.25) is 0 Å². The maximum absolute atomic E-state index is 13.2. The highest BCUT2D eigenvalue weighted by molar-refractivity contribution is 5.69. The Labute approximate surface area is 122 Å². The van der Waals surface area contributed by atoms with Crippen LogP contribution in [0.25, 0.3) is 0 Å². The zero-order valence-electron chi connectivity index (χ0n) is 11.9. The Morgan fingerprint density at radius 1 is 1.19 bits per heavy atom. The molecule has 0 spiro atoms. The number of rotatable bonds is 5. The molecule has 1 fully saturated rings. The molecule has 2 rings (SSSR count). The van der Waals surface area contributed by atoms with Crippen LogP contribution in [0.4, 0.5) is 13.2 Å². The fourth-order valence-corrected chi connectivity index (χ4v) is 2.01. The molecular formula is C15H19F3N2O. The van der Waals surface area contributed by atoms with Crippen molar-refractivity contribution in [3.05, 3.63) is 35.9 Å². The molecule has 0 amide bonds. The molecule has 6 heteroatoms. The van der Waals surface area contributed by atoms with Crippen LogP contribution in [-0.4, -0.2) is 36.1 Å². The molecule has 0 radical (unpaired) electrons. The summed E-state index contributed by atoms with van der Waals surface area (Å²) in [6, 6.07) is 8.80. The van der Waals surface area contributed by atoms with Crippen LogP contribution in [0.1, 0.15) is 25.3 Å². The van der Waals surface area contributed by atoms with Crippen molar-refractivity contribution in [1.82, 2.24) is 5.01 Å².